The summed E-state index contributed by atoms with van der Waals surface area (Å²) in [4.78, 5) is 17.8. The van der Waals surface area contributed by atoms with Crippen LogP contribution in [0.5, 0.6) is 0 Å². The SMILES string of the molecule is CC.Cn1cc(-c2nc(NSC3(C)CC3)ccc2C2CC2)c2ccn(SI)c2c1=O. The van der Waals surface area contributed by atoms with E-state index in [1.165, 1.54) is 40.4 Å². The highest BCUT2D eigenvalue weighted by Crippen LogP contribution is 2.48. The lowest BCUT2D eigenvalue weighted by Gasteiger charge is -2.15. The molecule has 2 aliphatic rings. The Hall–Kier alpha value is -1.13. The van der Waals surface area contributed by atoms with Gasteiger partial charge in [0, 0.05) is 65.5 Å². The lowest BCUT2D eigenvalue weighted by atomic mass is 10.0. The van der Waals surface area contributed by atoms with Crippen LogP contribution in [0.1, 0.15) is 57.9 Å². The van der Waals surface area contributed by atoms with Gasteiger partial charge >= 0.3 is 0 Å². The smallest absolute Gasteiger partial charge is 0.275 e. The molecule has 0 radical (unpaired) electrons. The molecule has 3 aromatic rings. The summed E-state index contributed by atoms with van der Waals surface area (Å²) < 4.78 is 7.42. The predicted molar refractivity (Wildman–Crippen MR) is 140 cm³/mol. The van der Waals surface area contributed by atoms with Gasteiger partial charge < -0.3 is 9.29 Å². The number of fused-ring (bicyclic) bond motifs is 1. The van der Waals surface area contributed by atoms with Gasteiger partial charge in [-0.25, -0.2) is 4.98 Å². The second-order valence-corrected chi connectivity index (χ2v) is 11.1. The minimum Gasteiger partial charge on any atom is -0.316 e. The van der Waals surface area contributed by atoms with Gasteiger partial charge in [0.2, 0.25) is 0 Å². The highest BCUT2D eigenvalue weighted by molar-refractivity contribution is 14.2. The molecule has 5 nitrogen and oxygen atoms in total. The van der Waals surface area contributed by atoms with Crippen molar-refractivity contribution in [1.82, 2.24) is 13.5 Å². The van der Waals surface area contributed by atoms with Crippen molar-refractivity contribution >= 4 is 59.0 Å². The fourth-order valence-electron chi connectivity index (χ4n) is 3.50. The van der Waals surface area contributed by atoms with Crippen molar-refractivity contribution in [3.8, 4) is 11.3 Å². The molecule has 8 heteroatoms. The first kappa shape index (κ1) is 22.1. The first-order valence-electron chi connectivity index (χ1n) is 10.4. The van der Waals surface area contributed by atoms with Gasteiger partial charge in [-0.15, -0.1) is 0 Å². The zero-order valence-electron chi connectivity index (χ0n) is 17.7. The fraction of sp³-hybridized carbons (Fsp3) is 0.455. The maximum absolute atomic E-state index is 12.8. The summed E-state index contributed by atoms with van der Waals surface area (Å²) in [6.45, 7) is 6.28. The van der Waals surface area contributed by atoms with Crippen LogP contribution in [0.3, 0.4) is 0 Å². The van der Waals surface area contributed by atoms with E-state index in [1.54, 1.807) is 16.5 Å². The Bertz CT molecular complexity index is 1130. The van der Waals surface area contributed by atoms with Crippen molar-refractivity contribution in [2.24, 2.45) is 7.05 Å². The molecule has 30 heavy (non-hydrogen) atoms. The Balaban J connectivity index is 0.00000106. The molecule has 0 bridgehead atoms. The lowest BCUT2D eigenvalue weighted by molar-refractivity contribution is 0.869. The quantitative estimate of drug-likeness (QED) is 0.270. The number of pyridine rings is 2. The monoisotopic (exact) mass is 554 g/mol. The van der Waals surface area contributed by atoms with Crippen LogP contribution in [0.4, 0.5) is 5.82 Å². The molecular formula is C22H27IN4OS2. The largest absolute Gasteiger partial charge is 0.316 e. The second-order valence-electron chi connectivity index (χ2n) is 7.99. The number of aromatic nitrogens is 3. The van der Waals surface area contributed by atoms with Crippen LogP contribution in [-0.2, 0) is 7.05 Å². The first-order chi connectivity index (χ1) is 14.5. The molecular weight excluding hydrogens is 527 g/mol. The van der Waals surface area contributed by atoms with E-state index >= 15 is 0 Å². The predicted octanol–water partition coefficient (Wildman–Crippen LogP) is 6.76. The third kappa shape index (κ3) is 4.27. The number of halogens is 1. The number of nitrogens with one attached hydrogen (secondary N) is 1. The minimum absolute atomic E-state index is 0.0207. The van der Waals surface area contributed by atoms with E-state index < -0.39 is 0 Å². The molecule has 3 aromatic heterocycles. The molecule has 0 saturated heterocycles. The zero-order valence-corrected chi connectivity index (χ0v) is 21.5. The van der Waals surface area contributed by atoms with Gasteiger partial charge in [0.1, 0.15) is 11.3 Å². The van der Waals surface area contributed by atoms with E-state index in [9.17, 15) is 4.79 Å². The Morgan fingerprint density at radius 2 is 1.97 bits per heavy atom. The van der Waals surface area contributed by atoms with Gasteiger partial charge in [-0.3, -0.25) is 8.77 Å². The van der Waals surface area contributed by atoms with Gasteiger partial charge in [0.15, 0.2) is 0 Å². The molecule has 0 unspecified atom stereocenters. The van der Waals surface area contributed by atoms with Gasteiger partial charge in [0.25, 0.3) is 5.56 Å². The summed E-state index contributed by atoms with van der Waals surface area (Å²) >= 11 is 3.99. The number of hydrogen-bond donors (Lipinski definition) is 1. The molecule has 1 N–H and O–H groups in total. The van der Waals surface area contributed by atoms with Crippen LogP contribution in [-0.4, -0.2) is 18.3 Å². The Morgan fingerprint density at radius 1 is 1.23 bits per heavy atom. The van der Waals surface area contributed by atoms with Crippen LogP contribution < -0.4 is 10.3 Å². The Kier molecular flexibility index (Phi) is 6.46. The Morgan fingerprint density at radius 3 is 2.60 bits per heavy atom. The van der Waals surface area contributed by atoms with Crippen molar-refractivity contribution < 1.29 is 0 Å². The van der Waals surface area contributed by atoms with Crippen molar-refractivity contribution in [3.63, 3.8) is 0 Å². The van der Waals surface area contributed by atoms with Gasteiger partial charge in [0.05, 0.1) is 5.69 Å². The normalized spacial score (nSPS) is 16.8. The minimum atomic E-state index is 0.0207. The summed E-state index contributed by atoms with van der Waals surface area (Å²) in [5.74, 6) is 1.47. The van der Waals surface area contributed by atoms with E-state index in [2.05, 4.69) is 45.0 Å². The van der Waals surface area contributed by atoms with Gasteiger partial charge in [-0.2, -0.15) is 0 Å². The molecule has 0 aliphatic heterocycles. The standard InChI is InChI=1S/C20H21IN4OS2.C2H6/c1-20(8-9-20)27-23-16-6-5-13(12-3-4-12)17(22-16)15-11-24(2)19(26)18-14(15)7-10-25(18)28-21;1-2/h5-7,10-12H,3-4,8-9H2,1-2H3,(H,22,23);1-2H3. The van der Waals surface area contributed by atoms with E-state index in [4.69, 9.17) is 4.98 Å². The average molecular weight is 555 g/mol. The number of rotatable bonds is 6. The summed E-state index contributed by atoms with van der Waals surface area (Å²) in [6, 6.07) is 6.36. The summed E-state index contributed by atoms with van der Waals surface area (Å²) in [5, 5.41) is 0.973. The third-order valence-corrected chi connectivity index (χ3v) is 8.56. The van der Waals surface area contributed by atoms with Crippen LogP contribution >= 0.6 is 42.3 Å². The molecule has 0 atom stereocenters. The topological polar surface area (TPSA) is 51.9 Å². The highest BCUT2D eigenvalue weighted by Gasteiger charge is 2.38. The highest BCUT2D eigenvalue weighted by atomic mass is 127. The maximum atomic E-state index is 12.8. The van der Waals surface area contributed by atoms with E-state index in [0.29, 0.717) is 10.7 Å². The van der Waals surface area contributed by atoms with Crippen LogP contribution in [0.15, 0.2) is 35.4 Å². The molecule has 5 rings (SSSR count). The van der Waals surface area contributed by atoms with Crippen molar-refractivity contribution in [3.05, 3.63) is 46.5 Å². The van der Waals surface area contributed by atoms with Gasteiger partial charge in [-0.1, -0.05) is 19.9 Å². The molecule has 0 amide bonds. The number of nitrogens with zero attached hydrogens (tertiary/aromatic N) is 3. The number of aryl methyl sites for hydroxylation is 1. The number of hydrogen-bond acceptors (Lipinski definition) is 5. The second kappa shape index (κ2) is 8.78. The molecule has 0 aromatic carbocycles. The molecule has 2 saturated carbocycles. The first-order valence-corrected chi connectivity index (χ1v) is 14.6. The maximum Gasteiger partial charge on any atom is 0.275 e. The van der Waals surface area contributed by atoms with E-state index in [1.807, 2.05) is 43.3 Å². The van der Waals surface area contributed by atoms with Crippen molar-refractivity contribution in [2.75, 3.05) is 4.72 Å². The molecule has 2 fully saturated rings. The summed E-state index contributed by atoms with van der Waals surface area (Å²) in [7, 11) is 3.34. The van der Waals surface area contributed by atoms with Crippen molar-refractivity contribution in [1.29, 1.82) is 0 Å². The van der Waals surface area contributed by atoms with E-state index in [0.717, 1.165) is 28.0 Å². The zero-order chi connectivity index (χ0) is 21.5. The molecule has 0 spiro atoms. The average Bonchev–Trinajstić information content (AvgIpc) is 3.69. The van der Waals surface area contributed by atoms with Crippen LogP contribution in [0.25, 0.3) is 22.2 Å². The van der Waals surface area contributed by atoms with Crippen LogP contribution in [0, 0.1) is 0 Å². The summed E-state index contributed by atoms with van der Waals surface area (Å²) in [6.07, 6.45) is 8.85. The Labute approximate surface area is 198 Å². The molecule has 160 valence electrons. The summed E-state index contributed by atoms with van der Waals surface area (Å²) in [5.41, 5.74) is 4.08. The third-order valence-electron chi connectivity index (χ3n) is 5.62. The van der Waals surface area contributed by atoms with Crippen LogP contribution in [0.2, 0.25) is 0 Å². The van der Waals surface area contributed by atoms with Crippen molar-refractivity contribution in [2.45, 2.75) is 57.1 Å². The number of anilines is 1. The van der Waals surface area contributed by atoms with Gasteiger partial charge in [-0.05, 0) is 68.2 Å². The fourth-order valence-corrected chi connectivity index (χ4v) is 5.60. The molecule has 3 heterocycles. The lowest BCUT2D eigenvalue weighted by Crippen LogP contribution is -2.18. The molecule has 2 aliphatic carbocycles. The van der Waals surface area contributed by atoms with E-state index in [-0.39, 0.29) is 5.56 Å².